The number of anilines is 2. The van der Waals surface area contributed by atoms with Crippen LogP contribution in [0.5, 0.6) is 0 Å². The number of hydrogen-bond donors (Lipinski definition) is 3. The Bertz CT molecular complexity index is 1110. The third-order valence-corrected chi connectivity index (χ3v) is 3.66. The van der Waals surface area contributed by atoms with Gasteiger partial charge in [0.15, 0.2) is 0 Å². The number of carbonyl (C=O) groups is 1. The molecule has 0 saturated heterocycles. The fourth-order valence-electron chi connectivity index (χ4n) is 2.46. The Morgan fingerprint density at radius 1 is 1.19 bits per heavy atom. The maximum absolute atomic E-state index is 13.1. The number of aromatic amines is 1. The van der Waals surface area contributed by atoms with E-state index < -0.39 is 0 Å². The van der Waals surface area contributed by atoms with Gasteiger partial charge in [0.05, 0.1) is 16.3 Å². The molecule has 1 heterocycles. The number of nitrogens with one attached hydrogen (secondary N) is 3. The fraction of sp³-hybridized carbons (Fsp3) is 0.0526. The van der Waals surface area contributed by atoms with Crippen molar-refractivity contribution >= 4 is 30.1 Å². The highest BCUT2D eigenvalue weighted by atomic mass is 19.1. The van der Waals surface area contributed by atoms with Crippen LogP contribution in [0.4, 0.5) is 15.8 Å². The zero-order chi connectivity index (χ0) is 18.7. The molecular formula is C19H17FN4O2. The molecule has 0 spiro atoms. The highest BCUT2D eigenvalue weighted by Gasteiger charge is 2.05. The number of aromatic nitrogens is 2. The molecular weight excluding hydrogens is 335 g/mol. The van der Waals surface area contributed by atoms with Crippen molar-refractivity contribution in [2.45, 2.75) is 6.92 Å². The van der Waals surface area contributed by atoms with Crippen LogP contribution in [0.3, 0.4) is 0 Å². The lowest BCUT2D eigenvalue weighted by molar-refractivity contribution is -0.114. The van der Waals surface area contributed by atoms with Gasteiger partial charge in [0.1, 0.15) is 5.82 Å². The Balaban J connectivity index is 1.93. The maximum atomic E-state index is 13.1. The highest BCUT2D eigenvalue weighted by Crippen LogP contribution is 2.14. The molecule has 26 heavy (non-hydrogen) atoms. The molecule has 3 N–H and O–H groups in total. The molecule has 7 heteroatoms. The van der Waals surface area contributed by atoms with E-state index in [1.165, 1.54) is 42.1 Å². The zero-order valence-corrected chi connectivity index (χ0v) is 14.0. The maximum Gasteiger partial charge on any atom is 0.280 e. The van der Waals surface area contributed by atoms with Gasteiger partial charge in [0.25, 0.3) is 5.56 Å². The first-order valence-corrected chi connectivity index (χ1v) is 7.84. The summed E-state index contributed by atoms with van der Waals surface area (Å²) in [5.74, 6) is -0.547. The van der Waals surface area contributed by atoms with Crippen molar-refractivity contribution in [3.05, 3.63) is 75.3 Å². The topological polar surface area (TPSA) is 78.9 Å². The molecule has 0 bridgehead atoms. The predicted octanol–water partition coefficient (Wildman–Crippen LogP) is 1.52. The Hall–Kier alpha value is -3.61. The Morgan fingerprint density at radius 3 is 2.58 bits per heavy atom. The summed E-state index contributed by atoms with van der Waals surface area (Å²) in [7, 11) is 0. The van der Waals surface area contributed by atoms with Gasteiger partial charge in [-0.25, -0.2) is 9.07 Å². The van der Waals surface area contributed by atoms with Crippen molar-refractivity contribution < 1.29 is 9.18 Å². The quantitative estimate of drug-likeness (QED) is 0.666. The molecule has 3 aromatic rings. The van der Waals surface area contributed by atoms with Crippen LogP contribution in [0.15, 0.2) is 53.3 Å². The van der Waals surface area contributed by atoms with Gasteiger partial charge in [-0.1, -0.05) is 12.6 Å². The van der Waals surface area contributed by atoms with Gasteiger partial charge >= 0.3 is 0 Å². The number of amides is 1. The summed E-state index contributed by atoms with van der Waals surface area (Å²) >= 11 is 0. The van der Waals surface area contributed by atoms with Crippen molar-refractivity contribution in [3.63, 3.8) is 0 Å². The van der Waals surface area contributed by atoms with Crippen LogP contribution in [-0.4, -0.2) is 15.7 Å². The smallest absolute Gasteiger partial charge is 0.280 e. The predicted molar refractivity (Wildman–Crippen MR) is 100.0 cm³/mol. The van der Waals surface area contributed by atoms with Gasteiger partial charge in [-0.2, -0.15) is 0 Å². The van der Waals surface area contributed by atoms with Crippen LogP contribution in [0.1, 0.15) is 6.92 Å². The normalized spacial score (nSPS) is 11.4. The van der Waals surface area contributed by atoms with Gasteiger partial charge in [-0.15, -0.1) is 0 Å². The first-order chi connectivity index (χ1) is 12.4. The van der Waals surface area contributed by atoms with E-state index in [4.69, 9.17) is 0 Å². The first kappa shape index (κ1) is 17.2. The van der Waals surface area contributed by atoms with Crippen molar-refractivity contribution in [2.24, 2.45) is 0 Å². The third kappa shape index (κ3) is 3.72. The van der Waals surface area contributed by atoms with Crippen LogP contribution in [0.25, 0.3) is 18.5 Å². The van der Waals surface area contributed by atoms with E-state index in [0.29, 0.717) is 27.6 Å². The number of hydrogen-bond acceptors (Lipinski definition) is 3. The van der Waals surface area contributed by atoms with E-state index in [-0.39, 0.29) is 17.3 Å². The van der Waals surface area contributed by atoms with Gasteiger partial charge in [0.2, 0.25) is 5.91 Å². The summed E-state index contributed by atoms with van der Waals surface area (Å²) in [6.45, 7) is 5.27. The average Bonchev–Trinajstić information content (AvgIpc) is 2.88. The number of benzene rings is 2. The van der Waals surface area contributed by atoms with Crippen LogP contribution in [0.2, 0.25) is 0 Å². The standard InChI is InChI=1S/C19H17FN4O2/c1-12-18(11-21-15-4-3-5-16(10-15)22-13(2)25)19(26)24(23-12)17-8-6-14(20)7-9-17/h3-11,21,23H,1H2,2H3,(H,22,25). The molecule has 0 unspecified atom stereocenters. The molecule has 1 amide bonds. The second-order valence-electron chi connectivity index (χ2n) is 5.67. The molecule has 2 aromatic carbocycles. The molecule has 0 fully saturated rings. The summed E-state index contributed by atoms with van der Waals surface area (Å²) in [5.41, 5.74) is 1.54. The van der Waals surface area contributed by atoms with Crippen LogP contribution < -0.4 is 26.8 Å². The van der Waals surface area contributed by atoms with Gasteiger partial charge in [0, 0.05) is 24.5 Å². The van der Waals surface area contributed by atoms with Gasteiger partial charge in [-0.05, 0) is 42.5 Å². The van der Waals surface area contributed by atoms with Crippen molar-refractivity contribution in [2.75, 3.05) is 10.6 Å². The first-order valence-electron chi connectivity index (χ1n) is 7.84. The number of nitrogens with zero attached hydrogens (tertiary/aromatic N) is 1. The largest absolute Gasteiger partial charge is 0.361 e. The van der Waals surface area contributed by atoms with Crippen LogP contribution in [-0.2, 0) is 4.79 Å². The SMILES string of the molecule is C=c1[nH]n(-c2ccc(F)cc2)c(=O)c1=CNc1cccc(NC(C)=O)c1. The Morgan fingerprint density at radius 2 is 1.88 bits per heavy atom. The molecule has 1 aromatic heterocycles. The molecule has 0 saturated carbocycles. The summed E-state index contributed by atoms with van der Waals surface area (Å²) in [6.07, 6.45) is 1.54. The number of rotatable bonds is 4. The average molecular weight is 352 g/mol. The molecule has 0 aliphatic rings. The van der Waals surface area contributed by atoms with E-state index in [0.717, 1.165) is 0 Å². The molecule has 0 radical (unpaired) electrons. The van der Waals surface area contributed by atoms with Crippen LogP contribution in [0, 0.1) is 5.82 Å². The molecule has 0 aliphatic heterocycles. The number of halogens is 1. The minimum absolute atomic E-state index is 0.168. The molecule has 0 aliphatic carbocycles. The Labute approximate surface area is 148 Å². The van der Waals surface area contributed by atoms with E-state index in [1.54, 1.807) is 24.3 Å². The molecule has 6 nitrogen and oxygen atoms in total. The Kier molecular flexibility index (Phi) is 4.70. The minimum atomic E-state index is -0.379. The minimum Gasteiger partial charge on any atom is -0.361 e. The van der Waals surface area contributed by atoms with Crippen molar-refractivity contribution in [1.29, 1.82) is 0 Å². The lowest BCUT2D eigenvalue weighted by atomic mass is 10.2. The van der Waals surface area contributed by atoms with Crippen molar-refractivity contribution in [3.8, 4) is 5.69 Å². The number of carbonyl (C=O) groups excluding carboxylic acids is 1. The second-order valence-corrected chi connectivity index (χ2v) is 5.67. The van der Waals surface area contributed by atoms with Gasteiger partial charge < -0.3 is 10.6 Å². The summed E-state index contributed by atoms with van der Waals surface area (Å²) < 4.78 is 14.3. The fourth-order valence-corrected chi connectivity index (χ4v) is 2.46. The summed E-state index contributed by atoms with van der Waals surface area (Å²) in [6, 6.07) is 12.6. The van der Waals surface area contributed by atoms with E-state index in [2.05, 4.69) is 22.3 Å². The van der Waals surface area contributed by atoms with Crippen molar-refractivity contribution in [1.82, 2.24) is 9.78 Å². The monoisotopic (exact) mass is 352 g/mol. The second kappa shape index (κ2) is 7.10. The summed E-state index contributed by atoms with van der Waals surface area (Å²) in [5, 5.41) is 9.34. The highest BCUT2D eigenvalue weighted by molar-refractivity contribution is 5.89. The zero-order valence-electron chi connectivity index (χ0n) is 14.0. The number of H-pyrrole nitrogens is 1. The summed E-state index contributed by atoms with van der Waals surface area (Å²) in [4.78, 5) is 23.7. The molecule has 132 valence electrons. The molecule has 0 atom stereocenters. The van der Waals surface area contributed by atoms with Gasteiger partial charge in [-0.3, -0.25) is 14.7 Å². The third-order valence-electron chi connectivity index (χ3n) is 3.66. The van der Waals surface area contributed by atoms with Crippen LogP contribution >= 0.6 is 0 Å². The van der Waals surface area contributed by atoms with E-state index >= 15 is 0 Å². The lowest BCUT2D eigenvalue weighted by Gasteiger charge is -2.05. The molecule has 3 rings (SSSR count). The van der Waals surface area contributed by atoms with E-state index in [1.807, 2.05) is 0 Å². The van der Waals surface area contributed by atoms with E-state index in [9.17, 15) is 14.0 Å². The lowest BCUT2D eigenvalue weighted by Crippen LogP contribution is -2.34.